The second-order valence-corrected chi connectivity index (χ2v) is 8.06. The van der Waals surface area contributed by atoms with Gasteiger partial charge in [0.15, 0.2) is 0 Å². The van der Waals surface area contributed by atoms with Gasteiger partial charge in [-0.1, -0.05) is 48.0 Å². The van der Waals surface area contributed by atoms with Crippen LogP contribution in [0.1, 0.15) is 28.4 Å². The molecule has 4 aromatic carbocycles. The molecule has 0 aliphatic rings. The largest absolute Gasteiger partial charge is 0.494 e. The number of ether oxygens (including phenoxy) is 2. The molecule has 0 aliphatic carbocycles. The number of hydrogen-bond acceptors (Lipinski definition) is 6. The quantitative estimate of drug-likeness (QED) is 0.125. The first-order valence-electron chi connectivity index (χ1n) is 11.6. The third-order valence-electron chi connectivity index (χ3n) is 5.41. The Kier molecular flexibility index (Phi) is 7.90. The third kappa shape index (κ3) is 6.37. The lowest BCUT2D eigenvalue weighted by Gasteiger charge is -2.11. The van der Waals surface area contributed by atoms with Gasteiger partial charge < -0.3 is 14.8 Å². The van der Waals surface area contributed by atoms with Crippen LogP contribution in [0.2, 0.25) is 0 Å². The number of benzene rings is 4. The first-order chi connectivity index (χ1) is 17.9. The van der Waals surface area contributed by atoms with Crippen LogP contribution in [0.4, 0.5) is 5.69 Å². The molecule has 0 heterocycles. The van der Waals surface area contributed by atoms with Gasteiger partial charge in [0.1, 0.15) is 11.5 Å². The minimum absolute atomic E-state index is 0.250. The minimum Gasteiger partial charge on any atom is -0.494 e. The van der Waals surface area contributed by atoms with Crippen LogP contribution >= 0.6 is 0 Å². The summed E-state index contributed by atoms with van der Waals surface area (Å²) in [5, 5.41) is 8.09. The van der Waals surface area contributed by atoms with Crippen LogP contribution in [0.15, 0.2) is 90.0 Å². The summed E-state index contributed by atoms with van der Waals surface area (Å²) in [5.74, 6) is -1.46. The molecule has 37 heavy (non-hydrogen) atoms. The lowest BCUT2D eigenvalue weighted by Crippen LogP contribution is -2.32. The second kappa shape index (κ2) is 11.6. The van der Waals surface area contributed by atoms with E-state index < -0.39 is 17.8 Å². The van der Waals surface area contributed by atoms with Crippen molar-refractivity contribution in [3.63, 3.8) is 0 Å². The smallest absolute Gasteiger partial charge is 0.343 e. The molecule has 0 bridgehead atoms. The second-order valence-electron chi connectivity index (χ2n) is 8.06. The number of carbonyl (C=O) groups is 3. The fourth-order valence-electron chi connectivity index (χ4n) is 3.54. The number of fused-ring (bicyclic) bond motifs is 1. The van der Waals surface area contributed by atoms with Gasteiger partial charge in [0.25, 0.3) is 0 Å². The van der Waals surface area contributed by atoms with Crippen molar-refractivity contribution in [2.45, 2.75) is 13.8 Å². The van der Waals surface area contributed by atoms with Gasteiger partial charge in [-0.2, -0.15) is 5.10 Å². The van der Waals surface area contributed by atoms with Crippen LogP contribution in [0.25, 0.3) is 10.8 Å². The van der Waals surface area contributed by atoms with Gasteiger partial charge >= 0.3 is 17.8 Å². The predicted octanol–water partition coefficient (Wildman–Crippen LogP) is 4.85. The highest BCUT2D eigenvalue weighted by Crippen LogP contribution is 2.27. The highest BCUT2D eigenvalue weighted by molar-refractivity contribution is 6.39. The minimum atomic E-state index is -0.940. The average molecular weight is 496 g/mol. The standard InChI is InChI=1S/C29H25N3O5/c1-3-36-23-15-10-21(11-16-23)29(35)37-26-17-12-20-6-4-5-7-24(20)25(26)18-30-32-28(34)27(33)31-22-13-8-19(2)9-14-22/h4-18H,3H2,1-2H3,(H,31,33)(H,32,34). The lowest BCUT2D eigenvalue weighted by atomic mass is 10.0. The van der Waals surface area contributed by atoms with Crippen LogP contribution in [0.5, 0.6) is 11.5 Å². The summed E-state index contributed by atoms with van der Waals surface area (Å²) >= 11 is 0. The van der Waals surface area contributed by atoms with Crippen molar-refractivity contribution in [3.8, 4) is 11.5 Å². The molecule has 0 fully saturated rings. The normalized spacial score (nSPS) is 10.8. The summed E-state index contributed by atoms with van der Waals surface area (Å²) in [5.41, 5.74) is 4.56. The molecule has 0 atom stereocenters. The van der Waals surface area contributed by atoms with Crippen LogP contribution in [-0.2, 0) is 9.59 Å². The fraction of sp³-hybridized carbons (Fsp3) is 0.103. The van der Waals surface area contributed by atoms with Gasteiger partial charge in [-0.25, -0.2) is 10.2 Å². The zero-order valence-corrected chi connectivity index (χ0v) is 20.4. The first-order valence-corrected chi connectivity index (χ1v) is 11.6. The number of hydrazone groups is 1. The van der Waals surface area contributed by atoms with E-state index in [1.54, 1.807) is 42.5 Å². The van der Waals surface area contributed by atoms with Crippen molar-refractivity contribution < 1.29 is 23.9 Å². The van der Waals surface area contributed by atoms with Crippen molar-refractivity contribution in [3.05, 3.63) is 102 Å². The van der Waals surface area contributed by atoms with E-state index in [4.69, 9.17) is 9.47 Å². The van der Waals surface area contributed by atoms with Gasteiger partial charge in [0.05, 0.1) is 18.4 Å². The van der Waals surface area contributed by atoms with E-state index in [2.05, 4.69) is 15.8 Å². The number of rotatable bonds is 7. The Morgan fingerprint density at radius 3 is 2.32 bits per heavy atom. The highest BCUT2D eigenvalue weighted by atomic mass is 16.5. The van der Waals surface area contributed by atoms with Crippen molar-refractivity contribution in [1.82, 2.24) is 5.43 Å². The Balaban J connectivity index is 1.51. The Bertz CT molecular complexity index is 1460. The molecule has 8 heteroatoms. The van der Waals surface area contributed by atoms with E-state index in [0.29, 0.717) is 29.2 Å². The fourth-order valence-corrected chi connectivity index (χ4v) is 3.54. The number of esters is 1. The van der Waals surface area contributed by atoms with Crippen LogP contribution in [0, 0.1) is 6.92 Å². The molecular weight excluding hydrogens is 470 g/mol. The molecule has 2 amide bonds. The molecule has 0 unspecified atom stereocenters. The number of anilines is 1. The van der Waals surface area contributed by atoms with Crippen LogP contribution in [-0.4, -0.2) is 30.6 Å². The van der Waals surface area contributed by atoms with Gasteiger partial charge in [0, 0.05) is 11.3 Å². The Morgan fingerprint density at radius 1 is 0.865 bits per heavy atom. The molecule has 2 N–H and O–H groups in total. The molecule has 0 saturated heterocycles. The molecule has 0 spiro atoms. The van der Waals surface area contributed by atoms with E-state index in [1.807, 2.05) is 56.3 Å². The molecule has 8 nitrogen and oxygen atoms in total. The number of nitrogens with zero attached hydrogens (tertiary/aromatic N) is 1. The highest BCUT2D eigenvalue weighted by Gasteiger charge is 2.15. The zero-order chi connectivity index (χ0) is 26.2. The number of hydrogen-bond donors (Lipinski definition) is 2. The van der Waals surface area contributed by atoms with E-state index in [9.17, 15) is 14.4 Å². The summed E-state index contributed by atoms with van der Waals surface area (Å²) in [4.78, 5) is 37.3. The Morgan fingerprint density at radius 2 is 1.59 bits per heavy atom. The number of amides is 2. The topological polar surface area (TPSA) is 106 Å². The lowest BCUT2D eigenvalue weighted by molar-refractivity contribution is -0.136. The van der Waals surface area contributed by atoms with Crippen LogP contribution < -0.4 is 20.2 Å². The number of aryl methyl sites for hydroxylation is 1. The molecule has 0 aliphatic heterocycles. The summed E-state index contributed by atoms with van der Waals surface area (Å²) in [6.45, 7) is 4.32. The van der Waals surface area contributed by atoms with Crippen molar-refractivity contribution in [1.29, 1.82) is 0 Å². The molecular formula is C29H25N3O5. The van der Waals surface area contributed by atoms with Crippen molar-refractivity contribution in [2.75, 3.05) is 11.9 Å². The zero-order valence-electron chi connectivity index (χ0n) is 20.4. The third-order valence-corrected chi connectivity index (χ3v) is 5.41. The Hall–Kier alpha value is -4.98. The number of carbonyl (C=O) groups excluding carboxylic acids is 3. The average Bonchev–Trinajstić information content (AvgIpc) is 2.91. The predicted molar refractivity (Wildman–Crippen MR) is 142 cm³/mol. The van der Waals surface area contributed by atoms with Gasteiger partial charge in [-0.15, -0.1) is 0 Å². The van der Waals surface area contributed by atoms with Crippen LogP contribution in [0.3, 0.4) is 0 Å². The van der Waals surface area contributed by atoms with Crippen molar-refractivity contribution >= 4 is 40.5 Å². The SMILES string of the molecule is CCOc1ccc(C(=O)Oc2ccc3ccccc3c2C=NNC(=O)C(=O)Nc2ccc(C)cc2)cc1. The van der Waals surface area contributed by atoms with E-state index in [1.165, 1.54) is 6.21 Å². The maximum Gasteiger partial charge on any atom is 0.343 e. The van der Waals surface area contributed by atoms with E-state index in [-0.39, 0.29) is 5.75 Å². The van der Waals surface area contributed by atoms with E-state index in [0.717, 1.165) is 16.3 Å². The van der Waals surface area contributed by atoms with E-state index >= 15 is 0 Å². The molecule has 4 rings (SSSR count). The van der Waals surface area contributed by atoms with Gasteiger partial charge in [-0.05, 0) is 67.1 Å². The molecule has 0 aromatic heterocycles. The van der Waals surface area contributed by atoms with Gasteiger partial charge in [-0.3, -0.25) is 9.59 Å². The summed E-state index contributed by atoms with van der Waals surface area (Å²) in [7, 11) is 0. The maximum absolute atomic E-state index is 12.8. The molecule has 0 saturated carbocycles. The Labute approximate surface area is 213 Å². The molecule has 0 radical (unpaired) electrons. The molecule has 4 aromatic rings. The van der Waals surface area contributed by atoms with Gasteiger partial charge in [0.2, 0.25) is 0 Å². The molecule has 186 valence electrons. The van der Waals surface area contributed by atoms with Crippen molar-refractivity contribution in [2.24, 2.45) is 5.10 Å². The summed E-state index contributed by atoms with van der Waals surface area (Å²) in [6.07, 6.45) is 1.35. The first kappa shape index (κ1) is 25.1. The number of nitrogens with one attached hydrogen (secondary N) is 2. The maximum atomic E-state index is 12.8. The monoisotopic (exact) mass is 495 g/mol. The summed E-state index contributed by atoms with van der Waals surface area (Å²) < 4.78 is 11.1. The summed E-state index contributed by atoms with van der Waals surface area (Å²) in [6, 6.07) is 24.6.